The highest BCUT2D eigenvalue weighted by Crippen LogP contribution is 2.45. The predicted octanol–water partition coefficient (Wildman–Crippen LogP) is 0.703. The Morgan fingerprint density at radius 1 is 1.35 bits per heavy atom. The lowest BCUT2D eigenvalue weighted by Gasteiger charge is -2.40. The van der Waals surface area contributed by atoms with Crippen molar-refractivity contribution in [2.75, 3.05) is 0 Å². The van der Waals surface area contributed by atoms with E-state index in [9.17, 15) is 4.79 Å². The molecule has 6 nitrogen and oxygen atoms in total. The third-order valence-corrected chi connectivity index (χ3v) is 4.35. The Morgan fingerprint density at radius 3 is 2.75 bits per heavy atom. The molecule has 0 fully saturated rings. The lowest BCUT2D eigenvalue weighted by molar-refractivity contribution is -0.113. The van der Waals surface area contributed by atoms with Gasteiger partial charge in [0.25, 0.3) is 5.91 Å². The van der Waals surface area contributed by atoms with Gasteiger partial charge in [-0.3, -0.25) is 14.8 Å². The van der Waals surface area contributed by atoms with Gasteiger partial charge < -0.3 is 16.5 Å². The third kappa shape index (κ3) is 2.01. The Hall–Kier alpha value is -2.41. The quantitative estimate of drug-likeness (QED) is 0.759. The minimum atomic E-state index is -0.672. The summed E-state index contributed by atoms with van der Waals surface area (Å²) >= 11 is 1.35. The van der Waals surface area contributed by atoms with Gasteiger partial charge in [-0.05, 0) is 24.3 Å². The zero-order chi connectivity index (χ0) is 14.0. The minimum absolute atomic E-state index is 0.449. The van der Waals surface area contributed by atoms with E-state index in [1.54, 1.807) is 18.6 Å². The second kappa shape index (κ2) is 4.93. The number of allylic oxidation sites excluding steroid dienone is 2. The molecule has 102 valence electrons. The highest BCUT2D eigenvalue weighted by Gasteiger charge is 2.43. The number of nitrogens with zero attached hydrogens (tertiary/aromatic N) is 2. The topological polar surface area (TPSA) is 83.3 Å². The maximum absolute atomic E-state index is 11.4. The molecule has 0 aromatic carbocycles. The maximum atomic E-state index is 11.4. The molecule has 0 bridgehead atoms. The molecule has 4 N–H and O–H groups in total. The van der Waals surface area contributed by atoms with Crippen LogP contribution in [0.2, 0.25) is 0 Å². The van der Waals surface area contributed by atoms with Gasteiger partial charge in [0.1, 0.15) is 0 Å². The zero-order valence-electron chi connectivity index (χ0n) is 10.5. The molecule has 0 radical (unpaired) electrons. The Kier molecular flexibility index (Phi) is 3.11. The number of rotatable bonds is 3. The largest absolute Gasteiger partial charge is 0.365 e. The molecule has 0 saturated heterocycles. The average molecular weight is 287 g/mol. The Balaban J connectivity index is 1.99. The van der Waals surface area contributed by atoms with Gasteiger partial charge in [0, 0.05) is 36.6 Å². The fourth-order valence-electron chi connectivity index (χ4n) is 2.03. The first kappa shape index (κ1) is 12.6. The molecule has 1 aromatic heterocycles. The Bertz CT molecular complexity index is 612. The number of hydrogen-bond donors (Lipinski definition) is 3. The van der Waals surface area contributed by atoms with Crippen molar-refractivity contribution in [2.24, 2.45) is 5.73 Å². The number of hydrazine groups is 1. The van der Waals surface area contributed by atoms with Crippen LogP contribution in [0, 0.1) is 0 Å². The first-order chi connectivity index (χ1) is 9.72. The van der Waals surface area contributed by atoms with Crippen LogP contribution in [0.1, 0.15) is 5.56 Å². The van der Waals surface area contributed by atoms with Gasteiger partial charge in [-0.2, -0.15) is 0 Å². The number of hydrogen-bond acceptors (Lipinski definition) is 6. The van der Waals surface area contributed by atoms with Crippen LogP contribution >= 0.6 is 11.8 Å². The van der Waals surface area contributed by atoms with Crippen LogP contribution in [0.4, 0.5) is 0 Å². The van der Waals surface area contributed by atoms with Crippen LogP contribution in [0.15, 0.2) is 60.2 Å². The molecule has 20 heavy (non-hydrogen) atoms. The van der Waals surface area contributed by atoms with Gasteiger partial charge in [-0.15, -0.1) is 0 Å². The highest BCUT2D eigenvalue weighted by molar-refractivity contribution is 8.05. The number of aromatic nitrogens is 1. The molecule has 7 heteroatoms. The van der Waals surface area contributed by atoms with Gasteiger partial charge in [0.05, 0.1) is 4.91 Å². The number of amides is 1. The molecule has 3 rings (SSSR count). The molecule has 0 saturated carbocycles. The van der Waals surface area contributed by atoms with Crippen LogP contribution in [0.5, 0.6) is 0 Å². The van der Waals surface area contributed by atoms with Crippen LogP contribution < -0.4 is 16.5 Å². The zero-order valence-corrected chi connectivity index (χ0v) is 11.3. The lowest BCUT2D eigenvalue weighted by Crippen LogP contribution is -2.52. The van der Waals surface area contributed by atoms with Gasteiger partial charge >= 0.3 is 0 Å². The Morgan fingerprint density at radius 2 is 2.15 bits per heavy atom. The van der Waals surface area contributed by atoms with Gasteiger partial charge in [0.15, 0.2) is 0 Å². The van der Waals surface area contributed by atoms with Crippen LogP contribution in [-0.4, -0.2) is 15.9 Å². The van der Waals surface area contributed by atoms with E-state index in [1.165, 1.54) is 11.8 Å². The molecule has 1 atom stereocenters. The molecule has 0 spiro atoms. The smallest absolute Gasteiger partial charge is 0.256 e. The van der Waals surface area contributed by atoms with E-state index in [2.05, 4.69) is 15.7 Å². The van der Waals surface area contributed by atoms with Crippen molar-refractivity contribution in [3.63, 3.8) is 0 Å². The van der Waals surface area contributed by atoms with Crippen LogP contribution in [0.25, 0.3) is 0 Å². The molecule has 1 unspecified atom stereocenters. The average Bonchev–Trinajstić information content (AvgIpc) is 2.96. The van der Waals surface area contributed by atoms with Crippen molar-refractivity contribution in [3.05, 3.63) is 65.7 Å². The number of carbonyl (C=O) groups is 1. The van der Waals surface area contributed by atoms with E-state index in [-0.39, 0.29) is 0 Å². The van der Waals surface area contributed by atoms with Crippen molar-refractivity contribution < 1.29 is 4.79 Å². The van der Waals surface area contributed by atoms with Gasteiger partial charge in [0.2, 0.25) is 4.99 Å². The molecular formula is C13H13N5OS. The SMILES string of the molecule is NC(=O)C1=CNC(c2ccncc2)(N2C=CC=CN2)S1. The molecule has 0 aliphatic carbocycles. The fraction of sp³-hybridized carbons (Fsp3) is 0.0769. The summed E-state index contributed by atoms with van der Waals surface area (Å²) in [5.74, 6) is -0.449. The molecule has 2 aliphatic rings. The van der Waals surface area contributed by atoms with Gasteiger partial charge in [-0.25, -0.2) is 0 Å². The summed E-state index contributed by atoms with van der Waals surface area (Å²) in [7, 11) is 0. The summed E-state index contributed by atoms with van der Waals surface area (Å²) in [6, 6.07) is 3.79. The summed E-state index contributed by atoms with van der Waals surface area (Å²) in [6.45, 7) is 0. The van der Waals surface area contributed by atoms with E-state index >= 15 is 0 Å². The van der Waals surface area contributed by atoms with Crippen molar-refractivity contribution in [1.29, 1.82) is 0 Å². The monoisotopic (exact) mass is 287 g/mol. The van der Waals surface area contributed by atoms with Crippen LogP contribution in [-0.2, 0) is 9.79 Å². The van der Waals surface area contributed by atoms with Crippen molar-refractivity contribution in [1.82, 2.24) is 20.7 Å². The number of carbonyl (C=O) groups excluding carboxylic acids is 1. The summed E-state index contributed by atoms with van der Waals surface area (Å²) < 4.78 is 0. The standard InChI is InChI=1S/C13H13N5OS/c14-12(19)11-9-16-13(20-11,10-3-6-15-7-4-10)18-8-2-1-5-17-18/h1-9,16-17H,(H2,14,19). The first-order valence-electron chi connectivity index (χ1n) is 5.98. The highest BCUT2D eigenvalue weighted by atomic mass is 32.2. The van der Waals surface area contributed by atoms with Crippen molar-refractivity contribution in [3.8, 4) is 0 Å². The Labute approximate surface area is 120 Å². The number of nitrogens with two attached hydrogens (primary N) is 1. The second-order valence-corrected chi connectivity index (χ2v) is 5.43. The van der Waals surface area contributed by atoms with Crippen molar-refractivity contribution >= 4 is 17.7 Å². The maximum Gasteiger partial charge on any atom is 0.256 e. The van der Waals surface area contributed by atoms with E-state index < -0.39 is 10.9 Å². The molecule has 2 aliphatic heterocycles. The number of primary amides is 1. The summed E-state index contributed by atoms with van der Waals surface area (Å²) in [5, 5.41) is 5.11. The number of pyridine rings is 1. The summed E-state index contributed by atoms with van der Waals surface area (Å²) in [4.78, 5) is 15.3. The summed E-state index contributed by atoms with van der Waals surface area (Å²) in [5.41, 5.74) is 9.47. The van der Waals surface area contributed by atoms with E-state index in [0.29, 0.717) is 4.91 Å². The molecule has 1 aromatic rings. The van der Waals surface area contributed by atoms with Crippen LogP contribution in [0.3, 0.4) is 0 Å². The fourth-order valence-corrected chi connectivity index (χ4v) is 3.15. The summed E-state index contributed by atoms with van der Waals surface area (Å²) in [6.07, 6.45) is 12.6. The lowest BCUT2D eigenvalue weighted by atomic mass is 10.2. The molecular weight excluding hydrogens is 274 g/mol. The predicted molar refractivity (Wildman–Crippen MR) is 77.2 cm³/mol. The normalized spacial score (nSPS) is 24.0. The van der Waals surface area contributed by atoms with E-state index in [0.717, 1.165) is 5.56 Å². The van der Waals surface area contributed by atoms with Crippen molar-refractivity contribution in [2.45, 2.75) is 4.99 Å². The molecule has 1 amide bonds. The number of nitrogens with one attached hydrogen (secondary N) is 2. The first-order valence-corrected chi connectivity index (χ1v) is 6.80. The van der Waals surface area contributed by atoms with E-state index in [1.807, 2.05) is 41.7 Å². The number of thioether (sulfide) groups is 1. The second-order valence-electron chi connectivity index (χ2n) is 4.20. The van der Waals surface area contributed by atoms with Gasteiger partial charge in [-0.1, -0.05) is 11.8 Å². The molecule has 3 heterocycles. The van der Waals surface area contributed by atoms with E-state index in [4.69, 9.17) is 5.73 Å². The minimum Gasteiger partial charge on any atom is -0.365 e. The third-order valence-electron chi connectivity index (χ3n) is 2.97.